The molecule has 1 N–H and O–H groups in total. The van der Waals surface area contributed by atoms with Crippen LogP contribution in [0.15, 0.2) is 60.2 Å². The van der Waals surface area contributed by atoms with Crippen LogP contribution in [0.1, 0.15) is 40.9 Å². The number of hydrogen-bond donors (Lipinski definition) is 1. The van der Waals surface area contributed by atoms with E-state index in [-0.39, 0.29) is 5.60 Å². The van der Waals surface area contributed by atoms with Gasteiger partial charge in [0.05, 0.1) is 32.6 Å². The standard InChI is InChI=1S/C30H38N6O3/c1-22-17-27(29(37-3)33-23(2)25-8-10-26(11-9-25)30(38-4)20-39-21-30)34-36(22)19-24-7-12-28(32-18-24)31-13-16-35-14-5-6-15-35/h7-12,17-18H,2,5-6,13-16,19-21H2,1,3-4H3,(H,31,32). The number of nitrogens with zero attached hydrogens (tertiary/aromatic N) is 5. The van der Waals surface area contributed by atoms with Crippen LogP contribution >= 0.6 is 0 Å². The molecule has 2 fully saturated rings. The number of benzene rings is 1. The molecule has 5 rings (SSSR count). The van der Waals surface area contributed by atoms with Crippen molar-refractivity contribution in [3.8, 4) is 0 Å². The number of ether oxygens (including phenoxy) is 3. The molecule has 0 spiro atoms. The van der Waals surface area contributed by atoms with Gasteiger partial charge < -0.3 is 24.4 Å². The average Bonchev–Trinajstić information content (AvgIpc) is 3.58. The lowest BCUT2D eigenvalue weighted by Gasteiger charge is -2.40. The summed E-state index contributed by atoms with van der Waals surface area (Å²) in [7, 11) is 3.31. The molecule has 0 bridgehead atoms. The molecule has 9 nitrogen and oxygen atoms in total. The van der Waals surface area contributed by atoms with Crippen molar-refractivity contribution in [3.05, 3.63) is 83.3 Å². The van der Waals surface area contributed by atoms with Gasteiger partial charge in [0.2, 0.25) is 5.90 Å². The van der Waals surface area contributed by atoms with E-state index in [2.05, 4.69) is 32.8 Å². The molecule has 9 heteroatoms. The van der Waals surface area contributed by atoms with Gasteiger partial charge in [-0.15, -0.1) is 0 Å². The van der Waals surface area contributed by atoms with E-state index < -0.39 is 0 Å². The number of rotatable bonds is 11. The summed E-state index contributed by atoms with van der Waals surface area (Å²) in [6.45, 7) is 12.3. The van der Waals surface area contributed by atoms with Gasteiger partial charge in [0.1, 0.15) is 17.1 Å². The highest BCUT2D eigenvalue weighted by molar-refractivity contribution is 5.95. The highest BCUT2D eigenvalue weighted by Crippen LogP contribution is 2.33. The normalized spacial score (nSPS) is 17.2. The summed E-state index contributed by atoms with van der Waals surface area (Å²) in [6.07, 6.45) is 4.53. The first-order valence-electron chi connectivity index (χ1n) is 13.5. The van der Waals surface area contributed by atoms with Crippen LogP contribution in [0.5, 0.6) is 0 Å². The van der Waals surface area contributed by atoms with Gasteiger partial charge in [-0.2, -0.15) is 5.10 Å². The Bertz CT molecular complexity index is 1280. The molecule has 206 valence electrons. The molecule has 0 amide bonds. The summed E-state index contributed by atoms with van der Waals surface area (Å²) in [4.78, 5) is 11.7. The highest BCUT2D eigenvalue weighted by atomic mass is 16.6. The molecule has 2 aliphatic rings. The monoisotopic (exact) mass is 530 g/mol. The second kappa shape index (κ2) is 12.1. The average molecular weight is 531 g/mol. The summed E-state index contributed by atoms with van der Waals surface area (Å²) in [6, 6.07) is 14.2. The van der Waals surface area contributed by atoms with Crippen LogP contribution in [0.3, 0.4) is 0 Å². The van der Waals surface area contributed by atoms with Crippen LogP contribution in [0, 0.1) is 6.92 Å². The van der Waals surface area contributed by atoms with Crippen molar-refractivity contribution in [1.29, 1.82) is 0 Å². The Morgan fingerprint density at radius 1 is 1.13 bits per heavy atom. The molecule has 2 aliphatic heterocycles. The third kappa shape index (κ3) is 6.21. The zero-order valence-corrected chi connectivity index (χ0v) is 23.2. The number of aryl methyl sites for hydroxylation is 1. The summed E-state index contributed by atoms with van der Waals surface area (Å²) in [5.41, 5.74) is 4.96. The first-order valence-corrected chi connectivity index (χ1v) is 13.5. The second-order valence-electron chi connectivity index (χ2n) is 10.2. The number of aliphatic imine (C=N–C) groups is 1. The molecule has 0 radical (unpaired) electrons. The fraction of sp³-hybridized carbons (Fsp3) is 0.433. The lowest BCUT2D eigenvalue weighted by Crippen LogP contribution is -2.48. The maximum Gasteiger partial charge on any atom is 0.242 e. The first kappa shape index (κ1) is 27.1. The number of likely N-dealkylation sites (tertiary alicyclic amines) is 1. The lowest BCUT2D eigenvalue weighted by molar-refractivity contribution is -0.202. The largest absolute Gasteiger partial charge is 0.479 e. The van der Waals surface area contributed by atoms with Gasteiger partial charge in [0.25, 0.3) is 0 Å². The number of aromatic nitrogens is 3. The van der Waals surface area contributed by atoms with E-state index in [9.17, 15) is 0 Å². The topological polar surface area (TPSA) is 86.0 Å². The van der Waals surface area contributed by atoms with Crippen molar-refractivity contribution in [2.75, 3.05) is 58.9 Å². The molecule has 0 aliphatic carbocycles. The summed E-state index contributed by atoms with van der Waals surface area (Å²) >= 11 is 0. The molecule has 0 atom stereocenters. The van der Waals surface area contributed by atoms with Crippen molar-refractivity contribution in [3.63, 3.8) is 0 Å². The highest BCUT2D eigenvalue weighted by Gasteiger charge is 2.40. The number of hydrogen-bond acceptors (Lipinski definition) is 8. The zero-order valence-electron chi connectivity index (χ0n) is 23.2. The minimum absolute atomic E-state index is 0.356. The molecular weight excluding hydrogens is 492 g/mol. The molecule has 4 heterocycles. The van der Waals surface area contributed by atoms with Gasteiger partial charge in [-0.1, -0.05) is 36.9 Å². The number of anilines is 1. The van der Waals surface area contributed by atoms with Crippen molar-refractivity contribution in [2.45, 2.75) is 31.9 Å². The minimum atomic E-state index is -0.356. The fourth-order valence-electron chi connectivity index (χ4n) is 4.97. The van der Waals surface area contributed by atoms with Crippen molar-refractivity contribution in [1.82, 2.24) is 19.7 Å². The third-order valence-electron chi connectivity index (χ3n) is 7.53. The van der Waals surface area contributed by atoms with Gasteiger partial charge >= 0.3 is 0 Å². The number of nitrogens with one attached hydrogen (secondary N) is 1. The minimum Gasteiger partial charge on any atom is -0.479 e. The Balaban J connectivity index is 1.21. The quantitative estimate of drug-likeness (QED) is 0.295. The zero-order chi connectivity index (χ0) is 27.2. The Labute approximate surface area is 230 Å². The Hall–Kier alpha value is -3.53. The van der Waals surface area contributed by atoms with E-state index >= 15 is 0 Å². The predicted molar refractivity (Wildman–Crippen MR) is 153 cm³/mol. The molecule has 2 aromatic heterocycles. The Kier molecular flexibility index (Phi) is 8.40. The van der Waals surface area contributed by atoms with Crippen LogP contribution in [-0.2, 0) is 26.4 Å². The van der Waals surface area contributed by atoms with Gasteiger partial charge in [-0.3, -0.25) is 4.68 Å². The number of methoxy groups -OCH3 is 2. The predicted octanol–water partition coefficient (Wildman–Crippen LogP) is 4.08. The van der Waals surface area contributed by atoms with E-state index in [1.807, 2.05) is 54.2 Å². The van der Waals surface area contributed by atoms with Crippen LogP contribution in [0.25, 0.3) is 5.70 Å². The van der Waals surface area contributed by atoms with Crippen LogP contribution in [0.2, 0.25) is 0 Å². The SMILES string of the molecule is C=C(N=C(OC)c1cc(C)n(Cc2ccc(NCCN3CCCC3)nc2)n1)c1ccc(C2(OC)COC2)cc1. The molecule has 39 heavy (non-hydrogen) atoms. The van der Waals surface area contributed by atoms with Crippen LogP contribution in [-0.4, -0.2) is 79.2 Å². The Morgan fingerprint density at radius 3 is 2.51 bits per heavy atom. The first-order chi connectivity index (χ1) is 19.0. The van der Waals surface area contributed by atoms with Gasteiger partial charge in [0, 0.05) is 32.1 Å². The fourth-order valence-corrected chi connectivity index (χ4v) is 4.97. The van der Waals surface area contributed by atoms with Gasteiger partial charge in [-0.25, -0.2) is 9.98 Å². The van der Waals surface area contributed by atoms with Crippen LogP contribution < -0.4 is 5.32 Å². The second-order valence-corrected chi connectivity index (χ2v) is 10.2. The Morgan fingerprint density at radius 2 is 1.90 bits per heavy atom. The van der Waals surface area contributed by atoms with Gasteiger partial charge in [-0.05, 0) is 61.7 Å². The van der Waals surface area contributed by atoms with E-state index in [1.54, 1.807) is 14.2 Å². The smallest absolute Gasteiger partial charge is 0.242 e. The molecule has 3 aromatic rings. The van der Waals surface area contributed by atoms with E-state index in [0.29, 0.717) is 37.0 Å². The van der Waals surface area contributed by atoms with E-state index in [4.69, 9.17) is 19.3 Å². The summed E-state index contributed by atoms with van der Waals surface area (Å²) in [5, 5.41) is 8.18. The molecule has 1 aromatic carbocycles. The number of pyridine rings is 1. The molecule has 2 saturated heterocycles. The summed E-state index contributed by atoms with van der Waals surface area (Å²) < 4.78 is 18.6. The van der Waals surface area contributed by atoms with Crippen LogP contribution in [0.4, 0.5) is 5.82 Å². The third-order valence-corrected chi connectivity index (χ3v) is 7.53. The van der Waals surface area contributed by atoms with E-state index in [1.165, 1.54) is 25.9 Å². The van der Waals surface area contributed by atoms with Crippen molar-refractivity contribution in [2.24, 2.45) is 4.99 Å². The summed E-state index contributed by atoms with van der Waals surface area (Å²) in [5.74, 6) is 1.32. The van der Waals surface area contributed by atoms with Crippen molar-refractivity contribution >= 4 is 17.4 Å². The molecular formula is C30H38N6O3. The molecule has 0 unspecified atom stereocenters. The lowest BCUT2D eigenvalue weighted by atomic mass is 9.91. The van der Waals surface area contributed by atoms with E-state index in [0.717, 1.165) is 41.3 Å². The maximum atomic E-state index is 5.68. The van der Waals surface area contributed by atoms with Crippen molar-refractivity contribution < 1.29 is 14.2 Å². The molecule has 0 saturated carbocycles. The van der Waals surface area contributed by atoms with Gasteiger partial charge in [0.15, 0.2) is 0 Å². The maximum absolute atomic E-state index is 5.68.